The van der Waals surface area contributed by atoms with Crippen LogP contribution < -0.4 is 10.2 Å². The van der Waals surface area contributed by atoms with Crippen LogP contribution in [0.2, 0.25) is 0 Å². The van der Waals surface area contributed by atoms with Crippen LogP contribution in [0.5, 0.6) is 0 Å². The second kappa shape index (κ2) is 11.5. The van der Waals surface area contributed by atoms with Crippen molar-refractivity contribution in [2.75, 3.05) is 49.7 Å². The van der Waals surface area contributed by atoms with Crippen LogP contribution in [0, 0.1) is 11.8 Å². The van der Waals surface area contributed by atoms with E-state index >= 15 is 0 Å². The number of Topliss-reactive ketones (excluding diaryl/α,β-unsaturated/α-hetero) is 1. The first-order valence-electron chi connectivity index (χ1n) is 13.9. The maximum absolute atomic E-state index is 14.1. The molecule has 3 aromatic rings. The number of halogens is 2. The van der Waals surface area contributed by atoms with Crippen molar-refractivity contribution >= 4 is 28.6 Å². The average Bonchev–Trinajstić information content (AvgIpc) is 3.33. The lowest BCUT2D eigenvalue weighted by Crippen LogP contribution is -2.39. The van der Waals surface area contributed by atoms with E-state index in [2.05, 4.69) is 10.3 Å². The van der Waals surface area contributed by atoms with Crippen LogP contribution in [0.4, 0.5) is 20.5 Å². The predicted octanol–water partition coefficient (Wildman–Crippen LogP) is 4.56. The van der Waals surface area contributed by atoms with Crippen molar-refractivity contribution in [1.82, 2.24) is 19.5 Å². The number of anilines is 2. The lowest BCUT2D eigenvalue weighted by molar-refractivity contribution is -0.122. The van der Waals surface area contributed by atoms with Gasteiger partial charge in [0.15, 0.2) is 5.82 Å². The number of carbonyl (C=O) groups is 1. The molecule has 0 unspecified atom stereocenters. The molecule has 0 bridgehead atoms. The number of ketones is 1. The van der Waals surface area contributed by atoms with Crippen molar-refractivity contribution in [1.29, 1.82) is 0 Å². The molecule has 2 aromatic heterocycles. The summed E-state index contributed by atoms with van der Waals surface area (Å²) in [7, 11) is 0. The number of ether oxygens (including phenoxy) is 2. The number of carbonyl (C=O) groups excluding carboxylic acids is 1. The van der Waals surface area contributed by atoms with Gasteiger partial charge in [0.2, 0.25) is 5.95 Å². The number of benzene rings is 1. The zero-order valence-corrected chi connectivity index (χ0v) is 21.9. The van der Waals surface area contributed by atoms with Gasteiger partial charge in [-0.05, 0) is 49.7 Å². The summed E-state index contributed by atoms with van der Waals surface area (Å²) in [6, 6.07) is 8.96. The van der Waals surface area contributed by atoms with Crippen molar-refractivity contribution in [2.45, 2.75) is 51.0 Å². The van der Waals surface area contributed by atoms with Gasteiger partial charge in [-0.25, -0.2) is 13.8 Å². The molecule has 2 aliphatic heterocycles. The molecule has 208 valence electrons. The van der Waals surface area contributed by atoms with E-state index in [9.17, 15) is 13.6 Å². The smallest absolute Gasteiger partial charge is 0.296 e. The van der Waals surface area contributed by atoms with Crippen LogP contribution in [0.15, 0.2) is 30.3 Å². The largest absolute Gasteiger partial charge is 0.381 e. The van der Waals surface area contributed by atoms with E-state index in [0.29, 0.717) is 85.4 Å². The lowest BCUT2D eigenvalue weighted by Gasteiger charge is -2.36. The van der Waals surface area contributed by atoms with Crippen molar-refractivity contribution < 1.29 is 23.0 Å². The Kier molecular flexibility index (Phi) is 7.69. The summed E-state index contributed by atoms with van der Waals surface area (Å²) in [5.74, 6) is 2.21. The predicted molar refractivity (Wildman–Crippen MR) is 143 cm³/mol. The minimum atomic E-state index is -2.76. The van der Waals surface area contributed by atoms with Gasteiger partial charge in [-0.2, -0.15) is 9.97 Å². The Hall–Kier alpha value is -3.18. The fourth-order valence-corrected chi connectivity index (χ4v) is 5.85. The number of hydrogen-bond acceptors (Lipinski definition) is 8. The topological polar surface area (TPSA) is 94.4 Å². The molecule has 0 spiro atoms. The normalized spacial score (nSPS) is 22.3. The summed E-state index contributed by atoms with van der Waals surface area (Å²) in [6.45, 7) is 3.87. The van der Waals surface area contributed by atoms with Gasteiger partial charge in [-0.15, -0.1) is 0 Å². The lowest BCUT2D eigenvalue weighted by atomic mass is 9.76. The summed E-state index contributed by atoms with van der Waals surface area (Å²) in [5.41, 5.74) is 1.05. The Morgan fingerprint density at radius 2 is 1.69 bits per heavy atom. The number of fused-ring (bicyclic) bond motifs is 1. The number of aromatic nitrogens is 4. The fraction of sp³-hybridized carbons (Fsp3) is 0.571. The van der Waals surface area contributed by atoms with Gasteiger partial charge < -0.3 is 19.7 Å². The molecule has 1 N–H and O–H groups in total. The van der Waals surface area contributed by atoms with Gasteiger partial charge in [0.05, 0.1) is 24.2 Å². The third-order valence-corrected chi connectivity index (χ3v) is 7.97. The number of para-hydroxylation sites is 2. The average molecular weight is 541 g/mol. The molecule has 39 heavy (non-hydrogen) atoms. The van der Waals surface area contributed by atoms with Crippen molar-refractivity contribution in [3.05, 3.63) is 36.2 Å². The van der Waals surface area contributed by atoms with Crippen molar-refractivity contribution in [3.63, 3.8) is 0 Å². The van der Waals surface area contributed by atoms with E-state index in [1.165, 1.54) is 4.57 Å². The minimum absolute atomic E-state index is 0.167. The number of imidazole rings is 1. The molecule has 9 nitrogen and oxygen atoms in total. The Morgan fingerprint density at radius 3 is 2.46 bits per heavy atom. The van der Waals surface area contributed by atoms with Crippen molar-refractivity contribution in [2.24, 2.45) is 11.8 Å². The third-order valence-electron chi connectivity index (χ3n) is 7.97. The number of nitrogens with zero attached hydrogens (tertiary/aromatic N) is 5. The SMILES string of the molecule is O=C(CC1CCOCC1)CC1CC(Nc2cc(-n3c(C(F)F)nc4ccccc43)nc(N3CCOCC3)n2)C1. The molecule has 0 atom stereocenters. The fourth-order valence-electron chi connectivity index (χ4n) is 5.85. The molecule has 1 aliphatic carbocycles. The highest BCUT2D eigenvalue weighted by molar-refractivity contribution is 5.79. The molecule has 1 saturated carbocycles. The Balaban J connectivity index is 1.20. The van der Waals surface area contributed by atoms with E-state index in [4.69, 9.17) is 19.4 Å². The van der Waals surface area contributed by atoms with Crippen LogP contribution in [0.1, 0.15) is 50.8 Å². The monoisotopic (exact) mass is 540 g/mol. The zero-order valence-electron chi connectivity index (χ0n) is 21.9. The quantitative estimate of drug-likeness (QED) is 0.422. The highest BCUT2D eigenvalue weighted by Crippen LogP contribution is 2.35. The molecule has 0 amide bonds. The van der Waals surface area contributed by atoms with Crippen LogP contribution in [-0.4, -0.2) is 70.9 Å². The second-order valence-corrected chi connectivity index (χ2v) is 10.8. The Labute approximate surface area is 225 Å². The first-order chi connectivity index (χ1) is 19.0. The maximum atomic E-state index is 14.1. The summed E-state index contributed by atoms with van der Waals surface area (Å²) in [6.07, 6.45) is 2.21. The number of hydrogen-bond donors (Lipinski definition) is 1. The Morgan fingerprint density at radius 1 is 0.974 bits per heavy atom. The summed E-state index contributed by atoms with van der Waals surface area (Å²) >= 11 is 0. The summed E-state index contributed by atoms with van der Waals surface area (Å²) in [5, 5.41) is 3.48. The molecule has 3 aliphatic rings. The van der Waals surface area contributed by atoms with Gasteiger partial charge in [0.1, 0.15) is 17.4 Å². The van der Waals surface area contributed by atoms with E-state index in [1.54, 1.807) is 30.3 Å². The molecular formula is C28H34F2N6O3. The van der Waals surface area contributed by atoms with E-state index < -0.39 is 6.43 Å². The minimum Gasteiger partial charge on any atom is -0.381 e. The van der Waals surface area contributed by atoms with Gasteiger partial charge >= 0.3 is 0 Å². The van der Waals surface area contributed by atoms with Gasteiger partial charge in [-0.1, -0.05) is 12.1 Å². The summed E-state index contributed by atoms with van der Waals surface area (Å²) < 4.78 is 40.5. The van der Waals surface area contributed by atoms with Crippen LogP contribution in [0.3, 0.4) is 0 Å². The summed E-state index contributed by atoms with van der Waals surface area (Å²) in [4.78, 5) is 28.3. The molecule has 2 saturated heterocycles. The van der Waals surface area contributed by atoms with E-state index in [0.717, 1.165) is 38.9 Å². The number of morpholine rings is 1. The molecular weight excluding hydrogens is 506 g/mol. The molecule has 11 heteroatoms. The molecule has 4 heterocycles. The maximum Gasteiger partial charge on any atom is 0.296 e. The molecule has 1 aromatic carbocycles. The Bertz CT molecular complexity index is 1300. The first kappa shape index (κ1) is 26.1. The standard InChI is InChI=1S/C28H34F2N6O3/c29-26(30)27-32-22-3-1-2-4-23(22)36(27)25-17-24(33-28(34-25)35-7-11-39-12-8-35)31-20-13-19(14-20)16-21(37)15-18-5-9-38-10-6-18/h1-4,17-20,26H,5-16H2,(H,31,33,34). The first-order valence-corrected chi connectivity index (χ1v) is 13.9. The molecule has 0 radical (unpaired) electrons. The number of rotatable bonds is 9. The molecule has 6 rings (SSSR count). The highest BCUT2D eigenvalue weighted by Gasteiger charge is 2.32. The highest BCUT2D eigenvalue weighted by atomic mass is 19.3. The molecule has 3 fully saturated rings. The van der Waals surface area contributed by atoms with Crippen LogP contribution >= 0.6 is 0 Å². The van der Waals surface area contributed by atoms with Gasteiger partial charge in [0, 0.05) is 51.3 Å². The number of nitrogens with one attached hydrogen (secondary N) is 1. The van der Waals surface area contributed by atoms with E-state index in [-0.39, 0.29) is 11.9 Å². The van der Waals surface area contributed by atoms with Crippen LogP contribution in [-0.2, 0) is 14.3 Å². The van der Waals surface area contributed by atoms with Gasteiger partial charge in [0.25, 0.3) is 6.43 Å². The third kappa shape index (κ3) is 5.89. The number of alkyl halides is 2. The second-order valence-electron chi connectivity index (χ2n) is 10.8. The van der Waals surface area contributed by atoms with Crippen LogP contribution in [0.25, 0.3) is 16.9 Å². The van der Waals surface area contributed by atoms with Crippen molar-refractivity contribution in [3.8, 4) is 5.82 Å². The zero-order chi connectivity index (χ0) is 26.8. The van der Waals surface area contributed by atoms with Gasteiger partial charge in [-0.3, -0.25) is 9.36 Å². The van der Waals surface area contributed by atoms with E-state index in [1.807, 2.05) is 4.90 Å².